The summed E-state index contributed by atoms with van der Waals surface area (Å²) in [6.45, 7) is 2.03. The molecule has 0 amide bonds. The number of nitrogens with one attached hydrogen (secondary N) is 1. The van der Waals surface area contributed by atoms with Crippen LogP contribution in [0.3, 0.4) is 0 Å². The van der Waals surface area contributed by atoms with Gasteiger partial charge in [-0.2, -0.15) is 0 Å². The molecule has 0 saturated carbocycles. The number of anilines is 2. The zero-order chi connectivity index (χ0) is 19.4. The van der Waals surface area contributed by atoms with Crippen LogP contribution >= 0.6 is 35.6 Å². The third-order valence-electron chi connectivity index (χ3n) is 4.50. The van der Waals surface area contributed by atoms with Gasteiger partial charge in [-0.1, -0.05) is 11.6 Å². The number of ether oxygens (including phenoxy) is 1. The monoisotopic (exact) mass is 522 g/mol. The Bertz CT molecular complexity index is 853. The molecule has 1 heterocycles. The summed E-state index contributed by atoms with van der Waals surface area (Å²) >= 11 is 6.09. The van der Waals surface area contributed by atoms with E-state index in [4.69, 9.17) is 22.1 Å². The molecule has 0 aromatic heterocycles. The minimum atomic E-state index is -0.836. The predicted octanol–water partition coefficient (Wildman–Crippen LogP) is 4.50. The lowest BCUT2D eigenvalue weighted by molar-refractivity contribution is 0.415. The molecule has 2 aromatic rings. The number of halogens is 4. The fourth-order valence-electron chi connectivity index (χ4n) is 3.06. The van der Waals surface area contributed by atoms with Gasteiger partial charge in [-0.05, 0) is 42.7 Å². The third-order valence-corrected chi connectivity index (χ3v) is 4.79. The molecular weight excluding hydrogens is 501 g/mol. The van der Waals surface area contributed by atoms with Gasteiger partial charge >= 0.3 is 0 Å². The van der Waals surface area contributed by atoms with E-state index in [1.807, 2.05) is 4.90 Å². The molecule has 2 aromatic carbocycles. The first kappa shape index (κ1) is 22.5. The Kier molecular flexibility index (Phi) is 8.11. The van der Waals surface area contributed by atoms with Crippen molar-refractivity contribution < 1.29 is 13.5 Å². The number of methoxy groups -OCH3 is 1. The molecule has 5 nitrogen and oxygen atoms in total. The van der Waals surface area contributed by atoms with E-state index in [0.29, 0.717) is 29.0 Å². The van der Waals surface area contributed by atoms with E-state index >= 15 is 0 Å². The van der Waals surface area contributed by atoms with Gasteiger partial charge in [-0.3, -0.25) is 4.99 Å². The smallest absolute Gasteiger partial charge is 0.193 e. The van der Waals surface area contributed by atoms with E-state index in [9.17, 15) is 8.78 Å². The van der Waals surface area contributed by atoms with Crippen molar-refractivity contribution in [2.45, 2.75) is 6.42 Å². The number of guanidine groups is 1. The predicted molar refractivity (Wildman–Crippen MR) is 120 cm³/mol. The van der Waals surface area contributed by atoms with Gasteiger partial charge in [0.05, 0.1) is 12.1 Å². The van der Waals surface area contributed by atoms with Crippen LogP contribution < -0.4 is 20.7 Å². The van der Waals surface area contributed by atoms with Gasteiger partial charge < -0.3 is 20.7 Å². The first-order valence-corrected chi connectivity index (χ1v) is 8.94. The Morgan fingerprint density at radius 3 is 2.75 bits per heavy atom. The van der Waals surface area contributed by atoms with Gasteiger partial charge in [0.25, 0.3) is 0 Å². The molecule has 1 saturated heterocycles. The molecule has 1 aliphatic rings. The Morgan fingerprint density at radius 2 is 2.07 bits per heavy atom. The third kappa shape index (κ3) is 5.60. The molecule has 0 radical (unpaired) electrons. The lowest BCUT2D eigenvalue weighted by atomic mass is 10.1. The molecule has 1 aliphatic heterocycles. The highest BCUT2D eigenvalue weighted by atomic mass is 127. The van der Waals surface area contributed by atoms with Crippen LogP contribution in [0.2, 0.25) is 5.02 Å². The second kappa shape index (κ2) is 10.1. The van der Waals surface area contributed by atoms with E-state index in [-0.39, 0.29) is 29.9 Å². The summed E-state index contributed by atoms with van der Waals surface area (Å²) in [5.41, 5.74) is 7.35. The van der Waals surface area contributed by atoms with Crippen molar-refractivity contribution in [3.8, 4) is 5.75 Å². The summed E-state index contributed by atoms with van der Waals surface area (Å²) in [5.74, 6) is -0.501. The number of hydrogen-bond acceptors (Lipinski definition) is 3. The lowest BCUT2D eigenvalue weighted by Crippen LogP contribution is -2.25. The maximum atomic E-state index is 13.4. The van der Waals surface area contributed by atoms with Gasteiger partial charge in [0.2, 0.25) is 0 Å². The first-order valence-electron chi connectivity index (χ1n) is 8.56. The van der Waals surface area contributed by atoms with Gasteiger partial charge in [0, 0.05) is 37.1 Å². The van der Waals surface area contributed by atoms with Crippen molar-refractivity contribution >= 4 is 52.9 Å². The molecule has 0 spiro atoms. The molecular formula is C19H22ClF2IN4O. The van der Waals surface area contributed by atoms with E-state index in [1.165, 1.54) is 6.07 Å². The largest absolute Gasteiger partial charge is 0.495 e. The summed E-state index contributed by atoms with van der Waals surface area (Å²) in [6, 6.07) is 9.22. The summed E-state index contributed by atoms with van der Waals surface area (Å²) in [7, 11) is 1.55. The Hall–Kier alpha value is -1.81. The van der Waals surface area contributed by atoms with Crippen LogP contribution in [0.4, 0.5) is 20.2 Å². The van der Waals surface area contributed by atoms with Gasteiger partial charge in [-0.15, -0.1) is 24.0 Å². The first-order chi connectivity index (χ1) is 13.0. The highest BCUT2D eigenvalue weighted by molar-refractivity contribution is 14.0. The Morgan fingerprint density at radius 1 is 1.29 bits per heavy atom. The van der Waals surface area contributed by atoms with Crippen molar-refractivity contribution in [1.82, 2.24) is 0 Å². The normalized spacial score (nSPS) is 16.6. The second-order valence-electron chi connectivity index (χ2n) is 6.40. The fourth-order valence-corrected chi connectivity index (χ4v) is 3.31. The van der Waals surface area contributed by atoms with Gasteiger partial charge in [0.15, 0.2) is 17.6 Å². The number of benzene rings is 2. The van der Waals surface area contributed by atoms with Crippen LogP contribution in [0.15, 0.2) is 41.4 Å². The number of nitrogens with zero attached hydrogens (tertiary/aromatic N) is 2. The summed E-state index contributed by atoms with van der Waals surface area (Å²) < 4.78 is 31.6. The lowest BCUT2D eigenvalue weighted by Gasteiger charge is -2.18. The Labute approximate surface area is 184 Å². The summed E-state index contributed by atoms with van der Waals surface area (Å²) in [5, 5.41) is 3.48. The Balaban J connectivity index is 0.00000280. The van der Waals surface area contributed by atoms with Crippen molar-refractivity contribution in [2.75, 3.05) is 37.0 Å². The van der Waals surface area contributed by atoms with Crippen molar-refractivity contribution in [3.05, 3.63) is 53.1 Å². The van der Waals surface area contributed by atoms with Crippen molar-refractivity contribution in [3.63, 3.8) is 0 Å². The maximum absolute atomic E-state index is 13.4. The number of nitrogens with two attached hydrogens (primary N) is 1. The van der Waals surface area contributed by atoms with Gasteiger partial charge in [-0.25, -0.2) is 8.78 Å². The van der Waals surface area contributed by atoms with Crippen LogP contribution in [0.1, 0.15) is 6.42 Å². The van der Waals surface area contributed by atoms with Crippen molar-refractivity contribution in [1.29, 1.82) is 0 Å². The van der Waals surface area contributed by atoms with Crippen LogP contribution in [0.5, 0.6) is 5.75 Å². The average Bonchev–Trinajstić information content (AvgIpc) is 3.11. The number of aliphatic imine (C=N–C) groups is 1. The molecule has 0 aliphatic carbocycles. The van der Waals surface area contributed by atoms with Crippen LogP contribution in [0, 0.1) is 17.6 Å². The zero-order valence-corrected chi connectivity index (χ0v) is 18.4. The minimum Gasteiger partial charge on any atom is -0.495 e. The molecule has 3 rings (SSSR count). The standard InChI is InChI=1S/C19H21ClF2N4O.HI/c1-27-18-5-2-13(8-15(18)20)25-19(23)24-10-12-6-7-26(11-12)14-3-4-16(21)17(22)9-14;/h2-5,8-9,12H,6-7,10-11H2,1H3,(H3,23,24,25);1H. The van der Waals surface area contributed by atoms with E-state index in [2.05, 4.69) is 10.3 Å². The zero-order valence-electron chi connectivity index (χ0n) is 15.3. The van der Waals surface area contributed by atoms with E-state index < -0.39 is 11.6 Å². The molecule has 3 N–H and O–H groups in total. The fraction of sp³-hybridized carbons (Fsp3) is 0.316. The number of rotatable bonds is 5. The van der Waals surface area contributed by atoms with Crippen LogP contribution in [-0.4, -0.2) is 32.7 Å². The van der Waals surface area contributed by atoms with Crippen LogP contribution in [0.25, 0.3) is 0 Å². The summed E-state index contributed by atoms with van der Waals surface area (Å²) in [4.78, 5) is 6.41. The number of hydrogen-bond donors (Lipinski definition) is 2. The maximum Gasteiger partial charge on any atom is 0.193 e. The molecule has 1 fully saturated rings. The van der Waals surface area contributed by atoms with Gasteiger partial charge in [0.1, 0.15) is 5.75 Å². The highest BCUT2D eigenvalue weighted by Gasteiger charge is 2.23. The molecule has 1 atom stereocenters. The minimum absolute atomic E-state index is 0. The molecule has 0 bridgehead atoms. The molecule has 152 valence electrons. The quantitative estimate of drug-likeness (QED) is 0.345. The molecule has 1 unspecified atom stereocenters. The van der Waals surface area contributed by atoms with E-state index in [1.54, 1.807) is 31.4 Å². The summed E-state index contributed by atoms with van der Waals surface area (Å²) in [6.07, 6.45) is 0.907. The second-order valence-corrected chi connectivity index (χ2v) is 6.81. The molecule has 9 heteroatoms. The SMILES string of the molecule is COc1ccc(NC(N)=NCC2CCN(c3ccc(F)c(F)c3)C2)cc1Cl.I. The van der Waals surface area contributed by atoms with Crippen molar-refractivity contribution in [2.24, 2.45) is 16.6 Å². The molecule has 28 heavy (non-hydrogen) atoms. The van der Waals surface area contributed by atoms with E-state index in [0.717, 1.165) is 31.3 Å². The van der Waals surface area contributed by atoms with Crippen LogP contribution in [-0.2, 0) is 0 Å². The highest BCUT2D eigenvalue weighted by Crippen LogP contribution is 2.27. The average molecular weight is 523 g/mol. The topological polar surface area (TPSA) is 62.9 Å².